The van der Waals surface area contributed by atoms with Gasteiger partial charge in [-0.05, 0) is 32.9 Å². The summed E-state index contributed by atoms with van der Waals surface area (Å²) in [4.78, 5) is 18.6. The van der Waals surface area contributed by atoms with Crippen LogP contribution in [0.3, 0.4) is 0 Å². The van der Waals surface area contributed by atoms with Crippen LogP contribution in [0.1, 0.15) is 32.9 Å². The van der Waals surface area contributed by atoms with E-state index in [0.717, 1.165) is 37.6 Å². The molecule has 2 saturated heterocycles. The SMILES string of the molecule is CC(C)(C)OC(=O)Cc1cccc(N2CC3(CCO3)C2)n1. The molecule has 5 heteroatoms. The number of carbonyl (C=O) groups excluding carboxylic acids is 1. The van der Waals surface area contributed by atoms with Crippen LogP contribution in [0.2, 0.25) is 0 Å². The molecule has 0 unspecified atom stereocenters. The van der Waals surface area contributed by atoms with Crippen LogP contribution in [-0.2, 0) is 20.7 Å². The number of ether oxygens (including phenoxy) is 2. The Morgan fingerprint density at radius 3 is 2.71 bits per heavy atom. The predicted molar refractivity (Wildman–Crippen MR) is 79.3 cm³/mol. The van der Waals surface area contributed by atoms with Gasteiger partial charge in [0, 0.05) is 6.42 Å². The van der Waals surface area contributed by atoms with Crippen LogP contribution in [0, 0.1) is 0 Å². The van der Waals surface area contributed by atoms with Gasteiger partial charge in [-0.25, -0.2) is 4.98 Å². The molecule has 0 bridgehead atoms. The van der Waals surface area contributed by atoms with E-state index < -0.39 is 5.60 Å². The lowest BCUT2D eigenvalue weighted by Gasteiger charge is -2.55. The summed E-state index contributed by atoms with van der Waals surface area (Å²) in [6, 6.07) is 5.78. The minimum absolute atomic E-state index is 0.0862. The molecule has 1 aromatic rings. The first-order valence-electron chi connectivity index (χ1n) is 7.42. The maximum absolute atomic E-state index is 11.9. The summed E-state index contributed by atoms with van der Waals surface area (Å²) < 4.78 is 10.9. The van der Waals surface area contributed by atoms with Crippen LogP contribution < -0.4 is 4.90 Å². The van der Waals surface area contributed by atoms with Crippen LogP contribution in [0.4, 0.5) is 5.82 Å². The van der Waals surface area contributed by atoms with Gasteiger partial charge >= 0.3 is 5.97 Å². The van der Waals surface area contributed by atoms with Gasteiger partial charge in [0.2, 0.25) is 0 Å². The lowest BCUT2D eigenvalue weighted by atomic mass is 9.86. The fraction of sp³-hybridized carbons (Fsp3) is 0.625. The Morgan fingerprint density at radius 1 is 1.43 bits per heavy atom. The molecule has 0 atom stereocenters. The van der Waals surface area contributed by atoms with Gasteiger partial charge < -0.3 is 14.4 Å². The van der Waals surface area contributed by atoms with Crippen molar-refractivity contribution < 1.29 is 14.3 Å². The third kappa shape index (κ3) is 3.18. The topological polar surface area (TPSA) is 51.7 Å². The zero-order valence-corrected chi connectivity index (χ0v) is 12.9. The maximum atomic E-state index is 11.9. The number of esters is 1. The zero-order valence-electron chi connectivity index (χ0n) is 12.9. The van der Waals surface area contributed by atoms with Crippen molar-refractivity contribution in [3.63, 3.8) is 0 Å². The highest BCUT2D eigenvalue weighted by Gasteiger charge is 2.49. The largest absolute Gasteiger partial charge is 0.460 e. The predicted octanol–water partition coefficient (Wildman–Crippen LogP) is 1.94. The molecular formula is C16H22N2O3. The Hall–Kier alpha value is -1.62. The van der Waals surface area contributed by atoms with Gasteiger partial charge in [0.25, 0.3) is 0 Å². The lowest BCUT2D eigenvalue weighted by molar-refractivity contribution is -0.161. The first kappa shape index (κ1) is 14.3. The second kappa shape index (κ2) is 4.98. The Labute approximate surface area is 125 Å². The van der Waals surface area contributed by atoms with Crippen molar-refractivity contribution in [1.82, 2.24) is 4.98 Å². The second-order valence-corrected chi connectivity index (χ2v) is 6.89. The van der Waals surface area contributed by atoms with Gasteiger partial charge in [-0.15, -0.1) is 0 Å². The summed E-state index contributed by atoms with van der Waals surface area (Å²) in [7, 11) is 0. The van der Waals surface area contributed by atoms with E-state index in [1.807, 2.05) is 39.0 Å². The molecule has 0 radical (unpaired) electrons. The molecule has 3 heterocycles. The van der Waals surface area contributed by atoms with Gasteiger partial charge in [-0.1, -0.05) is 6.07 Å². The van der Waals surface area contributed by atoms with Gasteiger partial charge in [-0.2, -0.15) is 0 Å². The monoisotopic (exact) mass is 290 g/mol. The number of rotatable bonds is 3. The van der Waals surface area contributed by atoms with Crippen molar-refractivity contribution in [2.45, 2.75) is 44.8 Å². The second-order valence-electron chi connectivity index (χ2n) is 6.89. The summed E-state index contributed by atoms with van der Waals surface area (Å²) in [6.07, 6.45) is 1.35. The Balaban J connectivity index is 1.60. The molecule has 2 aliphatic rings. The van der Waals surface area contributed by atoms with E-state index in [4.69, 9.17) is 9.47 Å². The minimum Gasteiger partial charge on any atom is -0.460 e. The van der Waals surface area contributed by atoms with Crippen LogP contribution in [0.15, 0.2) is 18.2 Å². The van der Waals surface area contributed by atoms with Crippen molar-refractivity contribution in [3.05, 3.63) is 23.9 Å². The minimum atomic E-state index is -0.458. The van der Waals surface area contributed by atoms with E-state index in [1.165, 1.54) is 0 Å². The lowest BCUT2D eigenvalue weighted by Crippen LogP contribution is -2.68. The molecule has 1 spiro atoms. The van der Waals surface area contributed by atoms with E-state index >= 15 is 0 Å². The first-order valence-corrected chi connectivity index (χ1v) is 7.42. The van der Waals surface area contributed by atoms with Crippen molar-refractivity contribution in [2.75, 3.05) is 24.6 Å². The third-order valence-corrected chi connectivity index (χ3v) is 3.79. The summed E-state index contributed by atoms with van der Waals surface area (Å²) in [5.41, 5.74) is 0.375. The molecule has 0 aromatic carbocycles. The average Bonchev–Trinajstić information content (AvgIpc) is 2.22. The van der Waals surface area contributed by atoms with Crippen LogP contribution in [0.5, 0.6) is 0 Å². The molecule has 0 N–H and O–H groups in total. The summed E-state index contributed by atoms with van der Waals surface area (Å²) in [5, 5.41) is 0. The number of nitrogens with zero attached hydrogens (tertiary/aromatic N) is 2. The molecule has 1 aromatic heterocycles. The average molecular weight is 290 g/mol. The fourth-order valence-electron chi connectivity index (χ4n) is 2.72. The van der Waals surface area contributed by atoms with Crippen LogP contribution in [0.25, 0.3) is 0 Å². The summed E-state index contributed by atoms with van der Waals surface area (Å²) >= 11 is 0. The van der Waals surface area contributed by atoms with Gasteiger partial charge in [0.15, 0.2) is 0 Å². The molecule has 0 saturated carbocycles. The highest BCUT2D eigenvalue weighted by atomic mass is 16.6. The van der Waals surface area contributed by atoms with E-state index in [1.54, 1.807) is 0 Å². The van der Waals surface area contributed by atoms with Crippen molar-refractivity contribution in [3.8, 4) is 0 Å². The fourth-order valence-corrected chi connectivity index (χ4v) is 2.72. The normalized spacial score (nSPS) is 19.9. The molecular weight excluding hydrogens is 268 g/mol. The zero-order chi connectivity index (χ0) is 15.1. The molecule has 5 nitrogen and oxygen atoms in total. The van der Waals surface area contributed by atoms with E-state index in [0.29, 0.717) is 0 Å². The highest BCUT2D eigenvalue weighted by Crippen LogP contribution is 2.37. The number of hydrogen-bond donors (Lipinski definition) is 0. The van der Waals surface area contributed by atoms with Crippen LogP contribution >= 0.6 is 0 Å². The molecule has 0 amide bonds. The van der Waals surface area contributed by atoms with Crippen molar-refractivity contribution in [2.24, 2.45) is 0 Å². The molecule has 2 aliphatic heterocycles. The molecule has 21 heavy (non-hydrogen) atoms. The van der Waals surface area contributed by atoms with Crippen LogP contribution in [-0.4, -0.2) is 41.9 Å². The number of aromatic nitrogens is 1. The van der Waals surface area contributed by atoms with Gasteiger partial charge in [0.05, 0.1) is 31.8 Å². The number of pyridine rings is 1. The molecule has 114 valence electrons. The molecule has 2 fully saturated rings. The molecule has 0 aliphatic carbocycles. The number of carbonyl (C=O) groups is 1. The maximum Gasteiger partial charge on any atom is 0.312 e. The third-order valence-electron chi connectivity index (χ3n) is 3.79. The smallest absolute Gasteiger partial charge is 0.312 e. The standard InChI is InChI=1S/C16H22N2O3/c1-15(2,3)21-14(19)9-12-5-4-6-13(17-12)18-10-16(11-18)7-8-20-16/h4-6H,7-11H2,1-3H3. The summed E-state index contributed by atoms with van der Waals surface area (Å²) in [6.45, 7) is 8.28. The number of anilines is 1. The Bertz CT molecular complexity index is 539. The van der Waals surface area contributed by atoms with Gasteiger partial charge in [-0.3, -0.25) is 4.79 Å². The molecule has 3 rings (SSSR count). The van der Waals surface area contributed by atoms with Gasteiger partial charge in [0.1, 0.15) is 17.0 Å². The quantitative estimate of drug-likeness (QED) is 0.796. The first-order chi connectivity index (χ1) is 9.85. The van der Waals surface area contributed by atoms with E-state index in [2.05, 4.69) is 9.88 Å². The summed E-state index contributed by atoms with van der Waals surface area (Å²) in [5.74, 6) is 0.673. The Morgan fingerprint density at radius 2 is 2.14 bits per heavy atom. The number of hydrogen-bond acceptors (Lipinski definition) is 5. The van der Waals surface area contributed by atoms with Crippen molar-refractivity contribution >= 4 is 11.8 Å². The van der Waals surface area contributed by atoms with E-state index in [9.17, 15) is 4.79 Å². The van der Waals surface area contributed by atoms with E-state index in [-0.39, 0.29) is 18.0 Å². The Kier molecular flexibility index (Phi) is 3.40. The highest BCUT2D eigenvalue weighted by molar-refractivity contribution is 5.72. The van der Waals surface area contributed by atoms with Crippen molar-refractivity contribution in [1.29, 1.82) is 0 Å².